The molecule has 0 saturated carbocycles. The second kappa shape index (κ2) is 5.35. The molecule has 1 fully saturated rings. The lowest BCUT2D eigenvalue weighted by atomic mass is 9.98. The minimum absolute atomic E-state index is 0.293. The second-order valence-corrected chi connectivity index (χ2v) is 5.24. The summed E-state index contributed by atoms with van der Waals surface area (Å²) in [5.74, 6) is -0.806. The molecule has 0 radical (unpaired) electrons. The summed E-state index contributed by atoms with van der Waals surface area (Å²) in [6, 6.07) is 0. The summed E-state index contributed by atoms with van der Waals surface area (Å²) in [6.45, 7) is 6.28. The van der Waals surface area contributed by atoms with E-state index in [1.54, 1.807) is 26.3 Å². The molecule has 17 heavy (non-hydrogen) atoms. The maximum Gasteiger partial charge on any atom is 0.410 e. The number of hydroxylamine groups is 1. The van der Waals surface area contributed by atoms with Gasteiger partial charge in [-0.2, -0.15) is 0 Å². The second-order valence-electron chi connectivity index (χ2n) is 5.24. The van der Waals surface area contributed by atoms with E-state index in [0.29, 0.717) is 19.5 Å². The van der Waals surface area contributed by atoms with Gasteiger partial charge in [0, 0.05) is 13.1 Å². The van der Waals surface area contributed by atoms with Crippen molar-refractivity contribution in [2.24, 2.45) is 5.92 Å². The molecule has 0 spiro atoms. The van der Waals surface area contributed by atoms with Crippen molar-refractivity contribution in [3.63, 3.8) is 0 Å². The Hall–Kier alpha value is -1.30. The summed E-state index contributed by atoms with van der Waals surface area (Å²) in [5, 5.41) is 8.56. The van der Waals surface area contributed by atoms with Crippen molar-refractivity contribution in [1.29, 1.82) is 0 Å². The van der Waals surface area contributed by atoms with Crippen LogP contribution in [0, 0.1) is 5.92 Å². The highest BCUT2D eigenvalue weighted by Crippen LogP contribution is 2.19. The minimum Gasteiger partial charge on any atom is -0.444 e. The lowest BCUT2D eigenvalue weighted by molar-refractivity contribution is -0.134. The highest BCUT2D eigenvalue weighted by atomic mass is 16.6. The van der Waals surface area contributed by atoms with Crippen LogP contribution in [0.5, 0.6) is 0 Å². The van der Waals surface area contributed by atoms with Gasteiger partial charge in [-0.05, 0) is 33.6 Å². The van der Waals surface area contributed by atoms with Gasteiger partial charge in [0.25, 0.3) is 0 Å². The van der Waals surface area contributed by atoms with Gasteiger partial charge < -0.3 is 9.64 Å². The summed E-state index contributed by atoms with van der Waals surface area (Å²) in [4.78, 5) is 24.6. The van der Waals surface area contributed by atoms with Crippen LogP contribution >= 0.6 is 0 Å². The fourth-order valence-electron chi connectivity index (χ4n) is 1.77. The maximum atomic E-state index is 11.8. The van der Waals surface area contributed by atoms with Gasteiger partial charge in [-0.25, -0.2) is 10.3 Å². The SMILES string of the molecule is CC(C)(C)OC(=O)N1CCCC(C(=O)NO)C1. The van der Waals surface area contributed by atoms with Crippen LogP contribution in [0.3, 0.4) is 0 Å². The number of hydrogen-bond acceptors (Lipinski definition) is 4. The molecule has 6 heteroatoms. The molecular formula is C11H20N2O4. The van der Waals surface area contributed by atoms with Gasteiger partial charge >= 0.3 is 6.09 Å². The summed E-state index contributed by atoms with van der Waals surface area (Å²) in [6.07, 6.45) is 0.996. The zero-order chi connectivity index (χ0) is 13.1. The van der Waals surface area contributed by atoms with E-state index in [2.05, 4.69) is 0 Å². The van der Waals surface area contributed by atoms with Crippen molar-refractivity contribution in [2.75, 3.05) is 13.1 Å². The van der Waals surface area contributed by atoms with Gasteiger partial charge in [0.2, 0.25) is 5.91 Å². The standard InChI is InChI=1S/C11H20N2O4/c1-11(2,3)17-10(15)13-6-4-5-8(7-13)9(14)12-16/h8,16H,4-7H2,1-3H3,(H,12,14). The van der Waals surface area contributed by atoms with Crippen molar-refractivity contribution >= 4 is 12.0 Å². The first kappa shape index (κ1) is 13.8. The number of hydrogen-bond donors (Lipinski definition) is 2. The Labute approximate surface area is 101 Å². The minimum atomic E-state index is -0.538. The molecule has 1 atom stereocenters. The van der Waals surface area contributed by atoms with Crippen molar-refractivity contribution < 1.29 is 19.5 Å². The van der Waals surface area contributed by atoms with Crippen LogP contribution < -0.4 is 5.48 Å². The molecule has 1 aliphatic heterocycles. The Morgan fingerprint density at radius 1 is 1.41 bits per heavy atom. The number of piperidine rings is 1. The van der Waals surface area contributed by atoms with Crippen LogP contribution in [0.1, 0.15) is 33.6 Å². The lowest BCUT2D eigenvalue weighted by Gasteiger charge is -2.33. The topological polar surface area (TPSA) is 78.9 Å². The number of nitrogens with zero attached hydrogens (tertiary/aromatic N) is 1. The Bertz CT molecular complexity index is 298. The Morgan fingerprint density at radius 3 is 2.59 bits per heavy atom. The Kier molecular flexibility index (Phi) is 4.34. The predicted molar refractivity (Wildman–Crippen MR) is 60.5 cm³/mol. The van der Waals surface area contributed by atoms with Crippen molar-refractivity contribution in [3.8, 4) is 0 Å². The van der Waals surface area contributed by atoms with Gasteiger partial charge in [-0.15, -0.1) is 0 Å². The van der Waals surface area contributed by atoms with E-state index in [4.69, 9.17) is 9.94 Å². The van der Waals surface area contributed by atoms with E-state index in [1.807, 2.05) is 0 Å². The number of amides is 2. The molecule has 1 aliphatic rings. The predicted octanol–water partition coefficient (Wildman–Crippen LogP) is 1.14. The Balaban J connectivity index is 2.55. The molecule has 1 rings (SSSR count). The van der Waals surface area contributed by atoms with E-state index in [9.17, 15) is 9.59 Å². The van der Waals surface area contributed by atoms with Crippen LogP contribution in [0.4, 0.5) is 4.79 Å². The monoisotopic (exact) mass is 244 g/mol. The van der Waals surface area contributed by atoms with Crippen LogP contribution in [0.2, 0.25) is 0 Å². The summed E-state index contributed by atoms with van der Waals surface area (Å²) < 4.78 is 5.23. The number of carbonyl (C=O) groups is 2. The molecule has 0 aliphatic carbocycles. The van der Waals surface area contributed by atoms with Gasteiger partial charge in [-0.1, -0.05) is 0 Å². The number of carbonyl (C=O) groups excluding carboxylic acids is 2. The highest BCUT2D eigenvalue weighted by Gasteiger charge is 2.30. The number of ether oxygens (including phenoxy) is 1. The smallest absolute Gasteiger partial charge is 0.410 e. The third-order valence-electron chi connectivity index (χ3n) is 2.55. The molecule has 1 saturated heterocycles. The first-order valence-electron chi connectivity index (χ1n) is 5.75. The van der Waals surface area contributed by atoms with Crippen molar-refractivity contribution in [3.05, 3.63) is 0 Å². The summed E-state index contributed by atoms with van der Waals surface area (Å²) in [7, 11) is 0. The van der Waals surface area contributed by atoms with Gasteiger partial charge in [0.1, 0.15) is 5.60 Å². The molecule has 0 aromatic rings. The zero-order valence-corrected chi connectivity index (χ0v) is 10.5. The molecule has 1 unspecified atom stereocenters. The van der Waals surface area contributed by atoms with Gasteiger partial charge in [0.15, 0.2) is 0 Å². The average molecular weight is 244 g/mol. The molecular weight excluding hydrogens is 224 g/mol. The normalized spacial score (nSPS) is 20.9. The highest BCUT2D eigenvalue weighted by molar-refractivity contribution is 5.78. The molecule has 0 aromatic heterocycles. The zero-order valence-electron chi connectivity index (χ0n) is 10.5. The van der Waals surface area contributed by atoms with E-state index in [1.165, 1.54) is 4.90 Å². The number of likely N-dealkylation sites (tertiary alicyclic amines) is 1. The lowest BCUT2D eigenvalue weighted by Crippen LogP contribution is -2.46. The fraction of sp³-hybridized carbons (Fsp3) is 0.818. The first-order chi connectivity index (χ1) is 7.83. The quantitative estimate of drug-likeness (QED) is 0.535. The van der Waals surface area contributed by atoms with Crippen LogP contribution in [0.15, 0.2) is 0 Å². The van der Waals surface area contributed by atoms with Gasteiger partial charge in [-0.3, -0.25) is 10.0 Å². The Morgan fingerprint density at radius 2 is 2.06 bits per heavy atom. The largest absolute Gasteiger partial charge is 0.444 e. The molecule has 2 N–H and O–H groups in total. The summed E-state index contributed by atoms with van der Waals surface area (Å²) >= 11 is 0. The maximum absolute atomic E-state index is 11.8. The third-order valence-corrected chi connectivity index (χ3v) is 2.55. The van der Waals surface area contributed by atoms with Crippen molar-refractivity contribution in [1.82, 2.24) is 10.4 Å². The molecule has 1 heterocycles. The average Bonchev–Trinajstić information content (AvgIpc) is 2.26. The molecule has 6 nitrogen and oxygen atoms in total. The fourth-order valence-corrected chi connectivity index (χ4v) is 1.77. The molecule has 98 valence electrons. The summed E-state index contributed by atoms with van der Waals surface area (Å²) in [5.41, 5.74) is 1.09. The van der Waals surface area contributed by atoms with Gasteiger partial charge in [0.05, 0.1) is 5.92 Å². The van der Waals surface area contributed by atoms with E-state index in [-0.39, 0.29) is 5.92 Å². The number of rotatable bonds is 1. The first-order valence-corrected chi connectivity index (χ1v) is 5.75. The molecule has 2 amide bonds. The molecule has 0 aromatic carbocycles. The van der Waals surface area contributed by atoms with Crippen LogP contribution in [-0.2, 0) is 9.53 Å². The molecule has 0 bridgehead atoms. The van der Waals surface area contributed by atoms with Crippen LogP contribution in [-0.4, -0.2) is 40.8 Å². The van der Waals surface area contributed by atoms with E-state index in [0.717, 1.165) is 6.42 Å². The number of nitrogens with one attached hydrogen (secondary N) is 1. The van der Waals surface area contributed by atoms with E-state index >= 15 is 0 Å². The van der Waals surface area contributed by atoms with E-state index < -0.39 is 17.6 Å². The third kappa shape index (κ3) is 4.22. The van der Waals surface area contributed by atoms with Crippen LogP contribution in [0.25, 0.3) is 0 Å². The van der Waals surface area contributed by atoms with Crippen molar-refractivity contribution in [2.45, 2.75) is 39.2 Å².